The van der Waals surface area contributed by atoms with Gasteiger partial charge in [-0.1, -0.05) is 48.5 Å². The molecule has 0 spiro atoms. The number of hydrogen-bond acceptors (Lipinski definition) is 4. The molecule has 6 nitrogen and oxygen atoms in total. The van der Waals surface area contributed by atoms with Gasteiger partial charge < -0.3 is 19.7 Å². The minimum Gasteiger partial charge on any atom is -0.454 e. The normalized spacial score (nSPS) is 12.8. The first-order chi connectivity index (χ1) is 15.5. The molecule has 1 aliphatic rings. The molecule has 0 bridgehead atoms. The Balaban J connectivity index is 1.54. The second-order valence-electron chi connectivity index (χ2n) is 7.51. The first kappa shape index (κ1) is 21.4. The lowest BCUT2D eigenvalue weighted by Crippen LogP contribution is -2.46. The molecule has 164 valence electrons. The van der Waals surface area contributed by atoms with E-state index >= 15 is 0 Å². The van der Waals surface area contributed by atoms with Gasteiger partial charge in [0.15, 0.2) is 11.5 Å². The lowest BCUT2D eigenvalue weighted by Gasteiger charge is -2.29. The van der Waals surface area contributed by atoms with Crippen molar-refractivity contribution in [3.05, 3.63) is 89.7 Å². The number of ether oxygens (including phenoxy) is 2. The predicted molar refractivity (Wildman–Crippen MR) is 118 cm³/mol. The fourth-order valence-corrected chi connectivity index (χ4v) is 3.49. The third kappa shape index (κ3) is 4.88. The van der Waals surface area contributed by atoms with Crippen LogP contribution in [0.3, 0.4) is 0 Å². The van der Waals surface area contributed by atoms with E-state index in [1.165, 1.54) is 11.0 Å². The van der Waals surface area contributed by atoms with Crippen LogP contribution in [0.4, 0.5) is 10.1 Å². The van der Waals surface area contributed by atoms with Gasteiger partial charge in [-0.05, 0) is 30.7 Å². The average molecular weight is 434 g/mol. The van der Waals surface area contributed by atoms with Crippen molar-refractivity contribution in [2.75, 3.05) is 12.1 Å². The Morgan fingerprint density at radius 2 is 1.72 bits per heavy atom. The topological polar surface area (TPSA) is 67.9 Å². The number of amides is 2. The van der Waals surface area contributed by atoms with Crippen molar-refractivity contribution < 1.29 is 23.5 Å². The number of benzene rings is 3. The fourth-order valence-electron chi connectivity index (χ4n) is 3.49. The molecule has 0 saturated carbocycles. The van der Waals surface area contributed by atoms with Crippen LogP contribution in [0.1, 0.15) is 18.1 Å². The van der Waals surface area contributed by atoms with Crippen molar-refractivity contribution in [1.82, 2.24) is 4.90 Å². The Bertz CT molecular complexity index is 1120. The van der Waals surface area contributed by atoms with Gasteiger partial charge in [0.05, 0.1) is 6.42 Å². The van der Waals surface area contributed by atoms with Crippen molar-refractivity contribution in [3.8, 4) is 11.5 Å². The number of fused-ring (bicyclic) bond motifs is 1. The molecular weight excluding hydrogens is 411 g/mol. The number of rotatable bonds is 7. The van der Waals surface area contributed by atoms with E-state index in [0.29, 0.717) is 22.7 Å². The molecule has 1 heterocycles. The van der Waals surface area contributed by atoms with Gasteiger partial charge >= 0.3 is 0 Å². The van der Waals surface area contributed by atoms with Gasteiger partial charge in [0.25, 0.3) is 0 Å². The van der Waals surface area contributed by atoms with E-state index in [9.17, 15) is 14.0 Å². The van der Waals surface area contributed by atoms with Crippen LogP contribution >= 0.6 is 0 Å². The highest BCUT2D eigenvalue weighted by molar-refractivity contribution is 5.97. The van der Waals surface area contributed by atoms with Gasteiger partial charge in [0.1, 0.15) is 11.9 Å². The van der Waals surface area contributed by atoms with E-state index in [4.69, 9.17) is 9.47 Å². The number of anilines is 1. The largest absolute Gasteiger partial charge is 0.454 e. The summed E-state index contributed by atoms with van der Waals surface area (Å²) in [6, 6.07) is 19.7. The standard InChI is InChI=1S/C25H23FN2O4/c1-17(25(30)27-20-11-12-22-23(14-20)32-16-31-22)28(15-19-9-5-6-10-21(19)26)24(29)13-18-7-3-2-4-8-18/h2-12,14,17H,13,15-16H2,1H3,(H,27,30). The first-order valence-electron chi connectivity index (χ1n) is 10.3. The number of halogens is 1. The number of nitrogens with one attached hydrogen (secondary N) is 1. The Morgan fingerprint density at radius 3 is 2.50 bits per heavy atom. The molecule has 1 atom stereocenters. The maximum absolute atomic E-state index is 14.3. The van der Waals surface area contributed by atoms with Gasteiger partial charge in [-0.2, -0.15) is 0 Å². The van der Waals surface area contributed by atoms with Gasteiger partial charge in [0.2, 0.25) is 18.6 Å². The molecule has 3 aromatic carbocycles. The molecule has 1 unspecified atom stereocenters. The molecular formula is C25H23FN2O4. The smallest absolute Gasteiger partial charge is 0.246 e. The lowest BCUT2D eigenvalue weighted by atomic mass is 10.1. The summed E-state index contributed by atoms with van der Waals surface area (Å²) in [5, 5.41) is 2.81. The molecule has 32 heavy (non-hydrogen) atoms. The van der Waals surface area contributed by atoms with Crippen LogP contribution in [-0.2, 0) is 22.6 Å². The highest BCUT2D eigenvalue weighted by Gasteiger charge is 2.27. The van der Waals surface area contributed by atoms with Crippen molar-refractivity contribution in [3.63, 3.8) is 0 Å². The van der Waals surface area contributed by atoms with E-state index in [1.807, 2.05) is 30.3 Å². The monoisotopic (exact) mass is 434 g/mol. The molecule has 1 aliphatic heterocycles. The van der Waals surface area contributed by atoms with Gasteiger partial charge in [-0.25, -0.2) is 4.39 Å². The fraction of sp³-hybridized carbons (Fsp3) is 0.200. The summed E-state index contributed by atoms with van der Waals surface area (Å²) in [6.45, 7) is 1.74. The summed E-state index contributed by atoms with van der Waals surface area (Å²) in [6.07, 6.45) is 0.108. The van der Waals surface area contributed by atoms with E-state index in [-0.39, 0.29) is 31.6 Å². The molecule has 0 aromatic heterocycles. The quantitative estimate of drug-likeness (QED) is 0.607. The summed E-state index contributed by atoms with van der Waals surface area (Å²) in [4.78, 5) is 27.6. The van der Waals surface area contributed by atoms with Gasteiger partial charge in [-0.15, -0.1) is 0 Å². The van der Waals surface area contributed by atoms with Crippen molar-refractivity contribution in [1.29, 1.82) is 0 Å². The number of carbonyl (C=O) groups excluding carboxylic acids is 2. The van der Waals surface area contributed by atoms with Crippen LogP contribution in [0, 0.1) is 5.82 Å². The van der Waals surface area contributed by atoms with Crippen LogP contribution in [0.5, 0.6) is 11.5 Å². The van der Waals surface area contributed by atoms with Crippen molar-refractivity contribution >= 4 is 17.5 Å². The molecule has 7 heteroatoms. The first-order valence-corrected chi connectivity index (χ1v) is 10.3. The van der Waals surface area contributed by atoms with Crippen LogP contribution in [0.2, 0.25) is 0 Å². The van der Waals surface area contributed by atoms with Crippen LogP contribution in [0.15, 0.2) is 72.8 Å². The molecule has 1 N–H and O–H groups in total. The molecule has 4 rings (SSSR count). The van der Waals surface area contributed by atoms with Gasteiger partial charge in [0, 0.05) is 23.9 Å². The highest BCUT2D eigenvalue weighted by atomic mass is 19.1. The number of hydrogen-bond donors (Lipinski definition) is 1. The zero-order valence-corrected chi connectivity index (χ0v) is 17.6. The minimum absolute atomic E-state index is 0.0198. The van der Waals surface area contributed by atoms with E-state index < -0.39 is 11.9 Å². The Hall–Kier alpha value is -3.87. The predicted octanol–water partition coefficient (Wildman–Crippen LogP) is 4.15. The zero-order chi connectivity index (χ0) is 22.5. The SMILES string of the molecule is CC(C(=O)Nc1ccc2c(c1)OCO2)N(Cc1ccccc1F)C(=O)Cc1ccccc1. The average Bonchev–Trinajstić information content (AvgIpc) is 3.26. The zero-order valence-electron chi connectivity index (χ0n) is 17.6. The Morgan fingerprint density at radius 1 is 1.00 bits per heavy atom. The second-order valence-corrected chi connectivity index (χ2v) is 7.51. The summed E-state index contributed by atoms with van der Waals surface area (Å²) in [5.74, 6) is 0.0666. The summed E-state index contributed by atoms with van der Waals surface area (Å²) >= 11 is 0. The summed E-state index contributed by atoms with van der Waals surface area (Å²) < 4.78 is 24.9. The van der Waals surface area contributed by atoms with Crippen molar-refractivity contribution in [2.24, 2.45) is 0 Å². The lowest BCUT2D eigenvalue weighted by molar-refractivity contribution is -0.138. The molecule has 0 fully saturated rings. The third-order valence-electron chi connectivity index (χ3n) is 5.30. The van der Waals surface area contributed by atoms with E-state index in [1.54, 1.807) is 43.3 Å². The number of nitrogens with zero attached hydrogens (tertiary/aromatic N) is 1. The Labute approximate surface area is 185 Å². The Kier molecular flexibility index (Phi) is 6.35. The van der Waals surface area contributed by atoms with E-state index in [2.05, 4.69) is 5.32 Å². The molecule has 0 radical (unpaired) electrons. The summed E-state index contributed by atoms with van der Waals surface area (Å²) in [5.41, 5.74) is 1.68. The minimum atomic E-state index is -0.837. The molecule has 2 amide bonds. The van der Waals surface area contributed by atoms with E-state index in [0.717, 1.165) is 5.56 Å². The maximum atomic E-state index is 14.3. The molecule has 3 aromatic rings. The van der Waals surface area contributed by atoms with Crippen LogP contribution in [0.25, 0.3) is 0 Å². The van der Waals surface area contributed by atoms with Crippen LogP contribution < -0.4 is 14.8 Å². The maximum Gasteiger partial charge on any atom is 0.246 e. The van der Waals surface area contributed by atoms with Crippen LogP contribution in [-0.4, -0.2) is 29.5 Å². The second kappa shape index (κ2) is 9.51. The molecule has 0 aliphatic carbocycles. The number of carbonyl (C=O) groups is 2. The highest BCUT2D eigenvalue weighted by Crippen LogP contribution is 2.34. The molecule has 0 saturated heterocycles. The third-order valence-corrected chi connectivity index (χ3v) is 5.30. The van der Waals surface area contributed by atoms with Gasteiger partial charge in [-0.3, -0.25) is 9.59 Å². The summed E-state index contributed by atoms with van der Waals surface area (Å²) in [7, 11) is 0. The van der Waals surface area contributed by atoms with Crippen molar-refractivity contribution in [2.45, 2.75) is 25.9 Å².